The fourth-order valence-corrected chi connectivity index (χ4v) is 1.57. The average Bonchev–Trinajstić information content (AvgIpc) is 2.37. The molecule has 0 radical (unpaired) electrons. The van der Waals surface area contributed by atoms with Gasteiger partial charge in [0.2, 0.25) is 5.95 Å². The molecule has 0 saturated heterocycles. The molecule has 0 saturated carbocycles. The second kappa shape index (κ2) is 5.34. The molecule has 0 aliphatic heterocycles. The number of benzene rings is 1. The molecule has 4 N–H and O–H groups in total. The van der Waals surface area contributed by atoms with E-state index in [0.29, 0.717) is 0 Å². The van der Waals surface area contributed by atoms with Gasteiger partial charge in [0.05, 0.1) is 16.9 Å². The molecule has 1 aromatic carbocycles. The Labute approximate surface area is 112 Å². The first kappa shape index (κ1) is 12.8. The van der Waals surface area contributed by atoms with Crippen molar-refractivity contribution in [1.82, 2.24) is 9.97 Å². The summed E-state index contributed by atoms with van der Waals surface area (Å²) >= 11 is 11.5. The lowest BCUT2D eigenvalue weighted by Crippen LogP contribution is -2.11. The van der Waals surface area contributed by atoms with Gasteiger partial charge in [0.15, 0.2) is 11.6 Å². The summed E-state index contributed by atoms with van der Waals surface area (Å²) in [5.74, 6) is 4.97. The lowest BCUT2D eigenvalue weighted by Gasteiger charge is -2.09. The summed E-state index contributed by atoms with van der Waals surface area (Å²) in [6, 6.07) is 4.55. The molecule has 0 spiro atoms. The third kappa shape index (κ3) is 2.61. The number of nitrogens with zero attached hydrogens (tertiary/aromatic N) is 2. The van der Waals surface area contributed by atoms with Gasteiger partial charge in [0.25, 0.3) is 0 Å². The lowest BCUT2D eigenvalue weighted by atomic mass is 10.3. The number of anilines is 3. The van der Waals surface area contributed by atoms with Gasteiger partial charge in [-0.05, 0) is 12.1 Å². The molecule has 0 bridgehead atoms. The molecular formula is C10H8Cl2FN5. The van der Waals surface area contributed by atoms with Crippen molar-refractivity contribution in [2.45, 2.75) is 0 Å². The van der Waals surface area contributed by atoms with Gasteiger partial charge >= 0.3 is 0 Å². The molecule has 0 aliphatic carbocycles. The van der Waals surface area contributed by atoms with Crippen LogP contribution in [0.5, 0.6) is 0 Å². The Hall–Kier alpha value is -1.63. The van der Waals surface area contributed by atoms with Crippen molar-refractivity contribution in [3.05, 3.63) is 40.3 Å². The number of nitrogens with one attached hydrogen (secondary N) is 2. The number of hydrogen-bond acceptors (Lipinski definition) is 5. The summed E-state index contributed by atoms with van der Waals surface area (Å²) in [5, 5.41) is 2.95. The van der Waals surface area contributed by atoms with E-state index in [-0.39, 0.29) is 27.5 Å². The highest BCUT2D eigenvalue weighted by atomic mass is 35.5. The van der Waals surface area contributed by atoms with Crippen LogP contribution in [0.25, 0.3) is 0 Å². The maximum absolute atomic E-state index is 13.7. The second-order valence-corrected chi connectivity index (χ2v) is 4.08. The van der Waals surface area contributed by atoms with Crippen molar-refractivity contribution in [3.8, 4) is 0 Å². The number of nitrogens with two attached hydrogens (primary N) is 1. The lowest BCUT2D eigenvalue weighted by molar-refractivity contribution is 0.632. The Bertz CT molecular complexity index is 578. The van der Waals surface area contributed by atoms with Gasteiger partial charge in [-0.1, -0.05) is 29.3 Å². The van der Waals surface area contributed by atoms with Crippen LogP contribution in [-0.4, -0.2) is 9.97 Å². The second-order valence-electron chi connectivity index (χ2n) is 3.26. The molecule has 1 heterocycles. The molecule has 0 amide bonds. The third-order valence-electron chi connectivity index (χ3n) is 2.08. The van der Waals surface area contributed by atoms with Crippen molar-refractivity contribution in [1.29, 1.82) is 0 Å². The summed E-state index contributed by atoms with van der Waals surface area (Å²) < 4.78 is 13.7. The van der Waals surface area contributed by atoms with Gasteiger partial charge in [0.1, 0.15) is 5.02 Å². The zero-order valence-corrected chi connectivity index (χ0v) is 10.4. The number of hydrogen-bond donors (Lipinski definition) is 3. The minimum absolute atomic E-state index is 0.00218. The molecule has 0 fully saturated rings. The van der Waals surface area contributed by atoms with Crippen molar-refractivity contribution in [2.24, 2.45) is 5.84 Å². The summed E-state index contributed by atoms with van der Waals surface area (Å²) in [4.78, 5) is 7.76. The zero-order valence-electron chi connectivity index (χ0n) is 8.92. The smallest absolute Gasteiger partial charge is 0.239 e. The first-order valence-corrected chi connectivity index (χ1v) is 5.57. The largest absolute Gasteiger partial charge is 0.336 e. The Morgan fingerprint density at radius 3 is 2.72 bits per heavy atom. The van der Waals surface area contributed by atoms with Crippen molar-refractivity contribution >= 4 is 40.7 Å². The molecule has 94 valence electrons. The Kier molecular flexibility index (Phi) is 3.81. The minimum atomic E-state index is -0.587. The minimum Gasteiger partial charge on any atom is -0.336 e. The highest BCUT2D eigenvalue weighted by Gasteiger charge is 2.10. The van der Waals surface area contributed by atoms with Crippen LogP contribution in [-0.2, 0) is 0 Å². The van der Waals surface area contributed by atoms with E-state index in [9.17, 15) is 4.39 Å². The van der Waals surface area contributed by atoms with E-state index in [4.69, 9.17) is 29.0 Å². The summed E-state index contributed by atoms with van der Waals surface area (Å²) in [6.07, 6.45) is 1.34. The molecule has 2 rings (SSSR count). The molecule has 5 nitrogen and oxygen atoms in total. The quantitative estimate of drug-likeness (QED) is 0.598. The van der Waals surface area contributed by atoms with Crippen LogP contribution in [0, 0.1) is 5.82 Å². The third-order valence-corrected chi connectivity index (χ3v) is 2.65. The molecular weight excluding hydrogens is 280 g/mol. The van der Waals surface area contributed by atoms with Gasteiger partial charge in [-0.3, -0.25) is 5.43 Å². The summed E-state index contributed by atoms with van der Waals surface area (Å²) in [7, 11) is 0. The van der Waals surface area contributed by atoms with E-state index < -0.39 is 5.82 Å². The molecule has 0 unspecified atom stereocenters. The van der Waals surface area contributed by atoms with Gasteiger partial charge in [-0.25, -0.2) is 15.2 Å². The van der Waals surface area contributed by atoms with Crippen molar-refractivity contribution in [3.63, 3.8) is 0 Å². The van der Waals surface area contributed by atoms with Crippen molar-refractivity contribution in [2.75, 3.05) is 10.7 Å². The first-order chi connectivity index (χ1) is 8.61. The van der Waals surface area contributed by atoms with E-state index in [2.05, 4.69) is 20.7 Å². The number of hydrazine groups is 1. The Balaban J connectivity index is 2.36. The zero-order chi connectivity index (χ0) is 13.1. The van der Waals surface area contributed by atoms with Gasteiger partial charge in [0, 0.05) is 0 Å². The van der Waals surface area contributed by atoms with Crippen molar-refractivity contribution < 1.29 is 4.39 Å². The molecule has 2 aromatic rings. The predicted octanol–water partition coefficient (Wildman–Crippen LogP) is 2.95. The topological polar surface area (TPSA) is 75.9 Å². The van der Waals surface area contributed by atoms with E-state index in [0.717, 1.165) is 0 Å². The van der Waals surface area contributed by atoms with Gasteiger partial charge < -0.3 is 5.32 Å². The van der Waals surface area contributed by atoms with Gasteiger partial charge in [-0.2, -0.15) is 4.98 Å². The number of aromatic nitrogens is 2. The van der Waals surface area contributed by atoms with E-state index in [1.807, 2.05) is 0 Å². The molecule has 18 heavy (non-hydrogen) atoms. The molecule has 1 aromatic heterocycles. The standard InChI is InChI=1S/C10H8Cl2FN5/c11-5-2-1-3-7(8(5)13)16-9-6(12)4-15-10(17-9)18-14/h1-4H,14H2,(H2,15,16,17,18). The average molecular weight is 288 g/mol. The monoisotopic (exact) mass is 287 g/mol. The van der Waals surface area contributed by atoms with Crippen LogP contribution in [0.3, 0.4) is 0 Å². The predicted molar refractivity (Wildman–Crippen MR) is 69.5 cm³/mol. The molecule has 8 heteroatoms. The van der Waals surface area contributed by atoms with Crippen LogP contribution >= 0.6 is 23.2 Å². The van der Waals surface area contributed by atoms with Crippen LogP contribution in [0.4, 0.5) is 21.8 Å². The highest BCUT2D eigenvalue weighted by molar-refractivity contribution is 6.33. The van der Waals surface area contributed by atoms with Crippen LogP contribution in [0.1, 0.15) is 0 Å². The van der Waals surface area contributed by atoms with Crippen LogP contribution < -0.4 is 16.6 Å². The maximum Gasteiger partial charge on any atom is 0.239 e. The Morgan fingerprint density at radius 2 is 2.00 bits per heavy atom. The van der Waals surface area contributed by atoms with Gasteiger partial charge in [-0.15, -0.1) is 0 Å². The summed E-state index contributed by atoms with van der Waals surface area (Å²) in [5.41, 5.74) is 2.42. The fourth-order valence-electron chi connectivity index (χ4n) is 1.25. The van der Waals surface area contributed by atoms with E-state index in [1.54, 1.807) is 6.07 Å². The van der Waals surface area contributed by atoms with E-state index >= 15 is 0 Å². The summed E-state index contributed by atoms with van der Waals surface area (Å²) in [6.45, 7) is 0. The highest BCUT2D eigenvalue weighted by Crippen LogP contribution is 2.28. The van der Waals surface area contributed by atoms with Crippen LogP contribution in [0.15, 0.2) is 24.4 Å². The Morgan fingerprint density at radius 1 is 1.22 bits per heavy atom. The van der Waals surface area contributed by atoms with E-state index in [1.165, 1.54) is 18.3 Å². The first-order valence-electron chi connectivity index (χ1n) is 4.82. The number of halogens is 3. The normalized spacial score (nSPS) is 10.2. The maximum atomic E-state index is 13.7. The SMILES string of the molecule is NNc1ncc(Cl)c(Nc2cccc(Cl)c2F)n1. The molecule has 0 aliphatic rings. The number of rotatable bonds is 3. The number of nitrogen functional groups attached to an aromatic ring is 1. The fraction of sp³-hybridized carbons (Fsp3) is 0. The van der Waals surface area contributed by atoms with Crippen LogP contribution in [0.2, 0.25) is 10.0 Å². The molecule has 0 atom stereocenters.